The molecule has 0 saturated carbocycles. The average molecular weight is 347 g/mol. The molecular formula is C13H27ClO6S. The van der Waals surface area contributed by atoms with Gasteiger partial charge in [-0.1, -0.05) is 13.3 Å². The first-order valence-corrected chi connectivity index (χ1v) is 9.62. The number of methoxy groups -OCH3 is 1. The lowest BCUT2D eigenvalue weighted by molar-refractivity contribution is -0.000790. The van der Waals surface area contributed by atoms with Gasteiger partial charge in [-0.3, -0.25) is 0 Å². The third-order valence-corrected chi connectivity index (χ3v) is 3.91. The second-order valence-electron chi connectivity index (χ2n) is 4.65. The van der Waals surface area contributed by atoms with E-state index in [2.05, 4.69) is 0 Å². The van der Waals surface area contributed by atoms with Crippen LogP contribution < -0.4 is 0 Å². The average Bonchev–Trinajstić information content (AvgIpc) is 2.39. The molecule has 0 aliphatic carbocycles. The van der Waals surface area contributed by atoms with E-state index in [1.165, 1.54) is 0 Å². The molecule has 0 aliphatic heterocycles. The van der Waals surface area contributed by atoms with Crippen molar-refractivity contribution in [2.45, 2.75) is 19.8 Å². The fourth-order valence-corrected chi connectivity index (χ4v) is 3.10. The summed E-state index contributed by atoms with van der Waals surface area (Å²) in [5.41, 5.74) is 0. The first kappa shape index (κ1) is 21.1. The minimum atomic E-state index is -3.47. The lowest BCUT2D eigenvalue weighted by Crippen LogP contribution is -2.19. The Balaban J connectivity index is 3.50. The van der Waals surface area contributed by atoms with Crippen molar-refractivity contribution in [1.82, 2.24) is 0 Å². The third-order valence-electron chi connectivity index (χ3n) is 2.66. The first-order valence-electron chi connectivity index (χ1n) is 7.14. The van der Waals surface area contributed by atoms with Gasteiger partial charge in [0.05, 0.1) is 52.0 Å². The summed E-state index contributed by atoms with van der Waals surface area (Å²) >= 11 is 0. The largest absolute Gasteiger partial charge is 0.382 e. The summed E-state index contributed by atoms with van der Waals surface area (Å²) in [4.78, 5) is 0. The van der Waals surface area contributed by atoms with Crippen molar-refractivity contribution in [2.75, 3.05) is 59.1 Å². The maximum absolute atomic E-state index is 11.1. The molecule has 1 unspecified atom stereocenters. The van der Waals surface area contributed by atoms with E-state index in [-0.39, 0.29) is 11.7 Å². The van der Waals surface area contributed by atoms with Gasteiger partial charge in [0.25, 0.3) is 0 Å². The highest BCUT2D eigenvalue weighted by Crippen LogP contribution is 2.12. The number of ether oxygens (including phenoxy) is 4. The van der Waals surface area contributed by atoms with Crippen LogP contribution in [0.25, 0.3) is 0 Å². The fourth-order valence-electron chi connectivity index (χ4n) is 1.74. The Hall–Kier alpha value is 0.0800. The van der Waals surface area contributed by atoms with Gasteiger partial charge < -0.3 is 18.9 Å². The lowest BCUT2D eigenvalue weighted by atomic mass is 10.1. The maximum atomic E-state index is 11.1. The minimum absolute atomic E-state index is 0.0450. The van der Waals surface area contributed by atoms with E-state index < -0.39 is 9.05 Å². The van der Waals surface area contributed by atoms with E-state index in [1.807, 2.05) is 6.92 Å². The SMILES string of the molecule is CCCC(COCCOCCOCCOC)CS(=O)(=O)Cl. The molecular weight excluding hydrogens is 320 g/mol. The smallest absolute Gasteiger partial charge is 0.232 e. The van der Waals surface area contributed by atoms with Crippen LogP contribution in [-0.4, -0.2) is 67.5 Å². The molecule has 0 fully saturated rings. The first-order chi connectivity index (χ1) is 9.99. The predicted molar refractivity (Wildman–Crippen MR) is 82.4 cm³/mol. The van der Waals surface area contributed by atoms with Crippen molar-refractivity contribution in [1.29, 1.82) is 0 Å². The molecule has 0 aliphatic rings. The second-order valence-corrected chi connectivity index (χ2v) is 7.47. The van der Waals surface area contributed by atoms with Gasteiger partial charge in [0, 0.05) is 17.8 Å². The number of halogens is 1. The van der Waals surface area contributed by atoms with Gasteiger partial charge in [-0.2, -0.15) is 0 Å². The highest BCUT2D eigenvalue weighted by molar-refractivity contribution is 8.13. The van der Waals surface area contributed by atoms with Crippen molar-refractivity contribution < 1.29 is 27.4 Å². The summed E-state index contributed by atoms with van der Waals surface area (Å²) < 4.78 is 42.9. The van der Waals surface area contributed by atoms with E-state index in [1.54, 1.807) is 7.11 Å². The molecule has 0 heterocycles. The fraction of sp³-hybridized carbons (Fsp3) is 1.00. The molecule has 0 radical (unpaired) electrons. The van der Waals surface area contributed by atoms with Gasteiger partial charge in [-0.05, 0) is 12.3 Å². The molecule has 0 saturated heterocycles. The van der Waals surface area contributed by atoms with Crippen LogP contribution in [0.5, 0.6) is 0 Å². The molecule has 0 aromatic rings. The van der Waals surface area contributed by atoms with Crippen LogP contribution >= 0.6 is 10.7 Å². The molecule has 0 amide bonds. The topological polar surface area (TPSA) is 71.1 Å². The Morgan fingerprint density at radius 2 is 1.48 bits per heavy atom. The number of hydrogen-bond donors (Lipinski definition) is 0. The van der Waals surface area contributed by atoms with Crippen molar-refractivity contribution in [3.8, 4) is 0 Å². The van der Waals surface area contributed by atoms with Gasteiger partial charge >= 0.3 is 0 Å². The molecule has 21 heavy (non-hydrogen) atoms. The molecule has 0 N–H and O–H groups in total. The highest BCUT2D eigenvalue weighted by atomic mass is 35.7. The Morgan fingerprint density at radius 3 is 1.95 bits per heavy atom. The monoisotopic (exact) mass is 346 g/mol. The molecule has 8 heteroatoms. The van der Waals surface area contributed by atoms with Crippen LogP contribution in [-0.2, 0) is 28.0 Å². The van der Waals surface area contributed by atoms with Crippen molar-refractivity contribution in [3.05, 3.63) is 0 Å². The van der Waals surface area contributed by atoms with Crippen LogP contribution in [0.4, 0.5) is 0 Å². The zero-order valence-corrected chi connectivity index (χ0v) is 14.5. The molecule has 0 spiro atoms. The molecule has 0 aromatic heterocycles. The van der Waals surface area contributed by atoms with E-state index in [4.69, 9.17) is 29.6 Å². The Bertz CT molecular complexity index is 323. The molecule has 0 bridgehead atoms. The van der Waals surface area contributed by atoms with Gasteiger partial charge in [-0.25, -0.2) is 8.42 Å². The maximum Gasteiger partial charge on any atom is 0.232 e. The quantitative estimate of drug-likeness (QED) is 0.332. The van der Waals surface area contributed by atoms with Crippen molar-refractivity contribution in [3.63, 3.8) is 0 Å². The van der Waals surface area contributed by atoms with E-state index in [0.717, 1.165) is 12.8 Å². The van der Waals surface area contributed by atoms with Gasteiger partial charge in [0.1, 0.15) is 0 Å². The Labute approximate surface area is 132 Å². The van der Waals surface area contributed by atoms with Gasteiger partial charge in [0.2, 0.25) is 9.05 Å². The van der Waals surface area contributed by atoms with Crippen LogP contribution in [0.2, 0.25) is 0 Å². The predicted octanol–water partition coefficient (Wildman–Crippen LogP) is 1.67. The summed E-state index contributed by atoms with van der Waals surface area (Å²) in [5.74, 6) is -0.105. The summed E-state index contributed by atoms with van der Waals surface area (Å²) in [6.45, 7) is 5.43. The van der Waals surface area contributed by atoms with E-state index in [9.17, 15) is 8.42 Å². The summed E-state index contributed by atoms with van der Waals surface area (Å²) in [6, 6.07) is 0. The third kappa shape index (κ3) is 16.3. The molecule has 128 valence electrons. The summed E-state index contributed by atoms with van der Waals surface area (Å²) in [5, 5.41) is 0. The van der Waals surface area contributed by atoms with Crippen LogP contribution in [0.15, 0.2) is 0 Å². The molecule has 0 aromatic carbocycles. The van der Waals surface area contributed by atoms with Crippen LogP contribution in [0, 0.1) is 5.92 Å². The van der Waals surface area contributed by atoms with Crippen LogP contribution in [0.3, 0.4) is 0 Å². The summed E-state index contributed by atoms with van der Waals surface area (Å²) in [7, 11) is 3.42. The van der Waals surface area contributed by atoms with Crippen LogP contribution in [0.1, 0.15) is 19.8 Å². The number of hydrogen-bond acceptors (Lipinski definition) is 6. The van der Waals surface area contributed by atoms with E-state index in [0.29, 0.717) is 46.2 Å². The molecule has 1 atom stereocenters. The standard InChI is InChI=1S/C13H27ClO6S/c1-3-4-13(12-21(14,15)16)11-20-10-9-19-8-7-18-6-5-17-2/h13H,3-12H2,1-2H3. The Kier molecular flexibility index (Phi) is 13.8. The number of rotatable bonds is 15. The normalized spacial score (nSPS) is 13.5. The molecule has 0 rings (SSSR count). The second kappa shape index (κ2) is 13.7. The lowest BCUT2D eigenvalue weighted by Gasteiger charge is -2.14. The van der Waals surface area contributed by atoms with Crippen molar-refractivity contribution >= 4 is 19.7 Å². The van der Waals surface area contributed by atoms with E-state index >= 15 is 0 Å². The zero-order valence-electron chi connectivity index (χ0n) is 12.9. The van der Waals surface area contributed by atoms with Gasteiger partial charge in [-0.15, -0.1) is 0 Å². The highest BCUT2D eigenvalue weighted by Gasteiger charge is 2.16. The van der Waals surface area contributed by atoms with Crippen molar-refractivity contribution in [2.24, 2.45) is 5.92 Å². The summed E-state index contributed by atoms with van der Waals surface area (Å²) in [6.07, 6.45) is 1.68. The minimum Gasteiger partial charge on any atom is -0.382 e. The Morgan fingerprint density at radius 1 is 0.952 bits per heavy atom. The molecule has 6 nitrogen and oxygen atoms in total. The van der Waals surface area contributed by atoms with Gasteiger partial charge in [0.15, 0.2) is 0 Å². The zero-order chi connectivity index (χ0) is 16.0.